The normalized spacial score (nSPS) is 17.2. The van der Waals surface area contributed by atoms with Gasteiger partial charge in [0.05, 0.1) is 34.6 Å². The summed E-state index contributed by atoms with van der Waals surface area (Å²) in [7, 11) is 1.46. The molecule has 1 aromatic heterocycles. The molecule has 0 radical (unpaired) electrons. The lowest BCUT2D eigenvalue weighted by Gasteiger charge is -2.36. The summed E-state index contributed by atoms with van der Waals surface area (Å²) < 4.78 is 67.1. The molecule has 272 valence electrons. The lowest BCUT2D eigenvalue weighted by Crippen LogP contribution is -2.54. The number of nitriles is 1. The largest absolute Gasteiger partial charge is 0.490 e. The second kappa shape index (κ2) is 16.1. The molecule has 0 saturated carbocycles. The molecule has 3 heterocycles. The fraction of sp³-hybridized carbons (Fsp3) is 0.355. The number of nitrogens with one attached hydrogen (secondary N) is 2. The van der Waals surface area contributed by atoms with E-state index in [1.165, 1.54) is 48.1 Å². The lowest BCUT2D eigenvalue weighted by atomic mass is 10.1. The summed E-state index contributed by atoms with van der Waals surface area (Å²) in [5.74, 6) is -6.84. The highest BCUT2D eigenvalue weighted by Crippen LogP contribution is 2.30. The van der Waals surface area contributed by atoms with Crippen molar-refractivity contribution < 1.29 is 56.1 Å². The van der Waals surface area contributed by atoms with Gasteiger partial charge in [-0.25, -0.2) is 14.2 Å². The molecule has 0 bridgehead atoms. The number of hydrogen-bond donors (Lipinski definition) is 4. The van der Waals surface area contributed by atoms with E-state index in [-0.39, 0.29) is 45.2 Å². The van der Waals surface area contributed by atoms with E-state index in [0.29, 0.717) is 39.1 Å². The van der Waals surface area contributed by atoms with E-state index >= 15 is 0 Å². The number of β-amino-alcohol motifs (C(OH)–C–C–N with tert-alkyl or cyclic N) is 1. The van der Waals surface area contributed by atoms with Crippen LogP contribution in [0.5, 0.6) is 5.75 Å². The van der Waals surface area contributed by atoms with Crippen molar-refractivity contribution in [1.82, 2.24) is 24.7 Å². The number of aliphatic hydroxyl groups excluding tert-OH is 1. The van der Waals surface area contributed by atoms with Crippen LogP contribution < -0.4 is 15.4 Å². The maximum absolute atomic E-state index is 14.8. The Labute approximate surface area is 291 Å². The SMILES string of the molecule is Cn1c(-c2ccc(OCC#N)c(F)c2F)cnc1C(=O)Nc1ccc(C(=O)N2CCN(C(=O)[C@@H]3C[C@@H](O)CN3)CC2)c(Cl)c1.O=C(O)C(F)(F)F. The number of rotatable bonds is 7. The fourth-order valence-electron chi connectivity index (χ4n) is 5.20. The summed E-state index contributed by atoms with van der Waals surface area (Å²) in [5, 5.41) is 31.2. The minimum atomic E-state index is -5.08. The van der Waals surface area contributed by atoms with Crippen LogP contribution in [0, 0.1) is 23.0 Å². The number of piperazine rings is 1. The Hall–Kier alpha value is -5.32. The Morgan fingerprint density at radius 3 is 2.31 bits per heavy atom. The van der Waals surface area contributed by atoms with Crippen LogP contribution in [0.4, 0.5) is 27.6 Å². The molecule has 0 spiro atoms. The van der Waals surface area contributed by atoms with E-state index in [2.05, 4.69) is 15.6 Å². The van der Waals surface area contributed by atoms with Gasteiger partial charge in [0.1, 0.15) is 6.07 Å². The number of aromatic nitrogens is 2. The summed E-state index contributed by atoms with van der Waals surface area (Å²) in [5.41, 5.74) is 0.463. The maximum atomic E-state index is 14.8. The number of amides is 3. The van der Waals surface area contributed by atoms with Crippen molar-refractivity contribution in [3.63, 3.8) is 0 Å². The molecule has 20 heteroatoms. The van der Waals surface area contributed by atoms with Crippen LogP contribution in [0.15, 0.2) is 36.5 Å². The number of alkyl halides is 3. The number of imidazole rings is 1. The van der Waals surface area contributed by atoms with Crippen LogP contribution in [0.25, 0.3) is 11.3 Å². The molecule has 3 amide bonds. The number of carbonyl (C=O) groups excluding carboxylic acids is 3. The van der Waals surface area contributed by atoms with Gasteiger partial charge >= 0.3 is 12.1 Å². The first-order chi connectivity index (χ1) is 24.0. The van der Waals surface area contributed by atoms with Crippen LogP contribution in [-0.2, 0) is 16.6 Å². The van der Waals surface area contributed by atoms with Gasteiger partial charge in [-0.3, -0.25) is 14.4 Å². The predicted octanol–water partition coefficient (Wildman–Crippen LogP) is 2.81. The first kappa shape index (κ1) is 38.5. The summed E-state index contributed by atoms with van der Waals surface area (Å²) in [6.07, 6.45) is -4.04. The number of benzene rings is 2. The minimum absolute atomic E-state index is 0.0941. The van der Waals surface area contributed by atoms with Gasteiger partial charge in [0.2, 0.25) is 11.7 Å². The molecule has 4 N–H and O–H groups in total. The standard InChI is InChI=1S/C29H28ClF2N7O5.C2HF3O2/c1-37-22(19-4-5-23(44-11-6-33)25(32)24(19)31)15-35-26(37)27(41)36-16-2-3-18(20(30)12-16)28(42)38-7-9-39(10-8-38)29(43)21-13-17(40)14-34-21;3-2(4,5)1(6)7/h2-5,12,15,17,21,34,40H,7-11,13-14H2,1H3,(H,36,41);(H,6,7)/t17-,21+;/m1./s1. The van der Waals surface area contributed by atoms with Crippen LogP contribution in [-0.4, -0.2) is 111 Å². The third kappa shape index (κ3) is 9.08. The minimum Gasteiger partial charge on any atom is -0.476 e. The van der Waals surface area contributed by atoms with Crippen molar-refractivity contribution in [2.45, 2.75) is 24.7 Å². The topological polar surface area (TPSA) is 190 Å². The highest BCUT2D eigenvalue weighted by atomic mass is 35.5. The van der Waals surface area contributed by atoms with Crippen molar-refractivity contribution in [2.24, 2.45) is 7.05 Å². The van der Waals surface area contributed by atoms with Gasteiger partial charge in [0.25, 0.3) is 11.8 Å². The maximum Gasteiger partial charge on any atom is 0.490 e. The number of hydrogen-bond acceptors (Lipinski definition) is 9. The van der Waals surface area contributed by atoms with Gasteiger partial charge in [-0.2, -0.15) is 22.8 Å². The molecule has 0 aliphatic carbocycles. The van der Waals surface area contributed by atoms with Crippen molar-refractivity contribution in [2.75, 3.05) is 44.6 Å². The zero-order valence-electron chi connectivity index (χ0n) is 26.5. The number of carboxylic acids is 1. The third-order valence-corrected chi connectivity index (χ3v) is 8.10. The Morgan fingerprint density at radius 1 is 1.10 bits per heavy atom. The van der Waals surface area contributed by atoms with E-state index in [1.54, 1.807) is 15.9 Å². The number of halogens is 6. The van der Waals surface area contributed by atoms with Gasteiger partial charge in [0, 0.05) is 51.0 Å². The summed E-state index contributed by atoms with van der Waals surface area (Å²) in [6.45, 7) is 1.27. The zero-order valence-corrected chi connectivity index (χ0v) is 27.3. The number of anilines is 1. The molecule has 51 heavy (non-hydrogen) atoms. The van der Waals surface area contributed by atoms with Crippen molar-refractivity contribution in [1.29, 1.82) is 5.26 Å². The molecule has 2 aromatic carbocycles. The van der Waals surface area contributed by atoms with Crippen LogP contribution in [0.1, 0.15) is 27.4 Å². The van der Waals surface area contributed by atoms with Gasteiger partial charge in [-0.15, -0.1) is 0 Å². The number of carbonyl (C=O) groups is 4. The summed E-state index contributed by atoms with van der Waals surface area (Å²) in [4.78, 5) is 55.1. The summed E-state index contributed by atoms with van der Waals surface area (Å²) in [6, 6.07) is 8.11. The first-order valence-corrected chi connectivity index (χ1v) is 15.3. The highest BCUT2D eigenvalue weighted by molar-refractivity contribution is 6.34. The van der Waals surface area contributed by atoms with Crippen molar-refractivity contribution in [3.05, 3.63) is 64.6 Å². The lowest BCUT2D eigenvalue weighted by molar-refractivity contribution is -0.192. The molecular formula is C31H29ClF5N7O7. The second-order valence-corrected chi connectivity index (χ2v) is 11.5. The van der Waals surface area contributed by atoms with Gasteiger partial charge in [0.15, 0.2) is 24.0 Å². The fourth-order valence-corrected chi connectivity index (χ4v) is 5.46. The first-order valence-electron chi connectivity index (χ1n) is 14.9. The monoisotopic (exact) mass is 741 g/mol. The van der Waals surface area contributed by atoms with Gasteiger partial charge < -0.3 is 40.0 Å². The van der Waals surface area contributed by atoms with E-state index in [0.717, 1.165) is 0 Å². The molecule has 2 fully saturated rings. The van der Waals surface area contributed by atoms with E-state index in [9.17, 15) is 41.4 Å². The number of carboxylic acid groups (broad SMARTS) is 1. The van der Waals surface area contributed by atoms with Crippen molar-refractivity contribution >= 4 is 41.0 Å². The number of nitrogens with zero attached hydrogens (tertiary/aromatic N) is 5. The average molecular weight is 742 g/mol. The average Bonchev–Trinajstić information content (AvgIpc) is 3.70. The smallest absolute Gasteiger partial charge is 0.476 e. The van der Waals surface area contributed by atoms with E-state index in [4.69, 9.17) is 31.5 Å². The molecule has 3 aromatic rings. The summed E-state index contributed by atoms with van der Waals surface area (Å²) >= 11 is 6.42. The molecule has 2 aliphatic heterocycles. The van der Waals surface area contributed by atoms with Crippen LogP contribution >= 0.6 is 11.6 Å². The van der Waals surface area contributed by atoms with Crippen LogP contribution in [0.3, 0.4) is 0 Å². The Bertz CT molecular complexity index is 1860. The Kier molecular flexibility index (Phi) is 12.2. The molecule has 2 atom stereocenters. The Morgan fingerprint density at radius 2 is 1.75 bits per heavy atom. The molecular weight excluding hydrogens is 713 g/mol. The van der Waals surface area contributed by atoms with E-state index in [1.807, 2.05) is 0 Å². The van der Waals surface area contributed by atoms with Gasteiger partial charge in [-0.05, 0) is 36.8 Å². The quantitative estimate of drug-likeness (QED) is 0.262. The third-order valence-electron chi connectivity index (χ3n) is 7.79. The number of aliphatic carboxylic acids is 1. The number of aliphatic hydroxyl groups is 1. The second-order valence-electron chi connectivity index (χ2n) is 11.1. The van der Waals surface area contributed by atoms with E-state index < -0.39 is 54.2 Å². The highest BCUT2D eigenvalue weighted by Gasteiger charge is 2.38. The zero-order chi connectivity index (χ0) is 37.6. The molecule has 14 nitrogen and oxygen atoms in total. The van der Waals surface area contributed by atoms with Gasteiger partial charge in [-0.1, -0.05) is 11.6 Å². The molecule has 0 unspecified atom stereocenters. The number of ether oxygens (including phenoxy) is 1. The molecule has 2 saturated heterocycles. The molecule has 5 rings (SSSR count). The Balaban J connectivity index is 0.000000755. The molecule has 2 aliphatic rings. The van der Waals surface area contributed by atoms with Crippen molar-refractivity contribution in [3.8, 4) is 23.1 Å². The predicted molar refractivity (Wildman–Crippen MR) is 168 cm³/mol. The van der Waals surface area contributed by atoms with Crippen LogP contribution in [0.2, 0.25) is 5.02 Å².